The average Bonchev–Trinajstić information content (AvgIpc) is 2.33. The number of esters is 2. The van der Waals surface area contributed by atoms with Crippen molar-refractivity contribution in [1.82, 2.24) is 0 Å². The molecule has 0 aromatic rings. The summed E-state index contributed by atoms with van der Waals surface area (Å²) in [7, 11) is 2.35. The van der Waals surface area contributed by atoms with E-state index in [2.05, 4.69) is 9.47 Å². The monoisotopic (exact) mass is 260 g/mol. The molecule has 0 aromatic carbocycles. The van der Waals surface area contributed by atoms with Crippen molar-refractivity contribution in [2.45, 2.75) is 0 Å². The Morgan fingerprint density at radius 2 is 1.00 bits per heavy atom. The number of ether oxygens (including phenoxy) is 2. The van der Waals surface area contributed by atoms with Crippen LogP contribution in [0, 0.1) is 0 Å². The Bertz CT molecular complexity index is 330. The lowest BCUT2D eigenvalue weighted by Gasteiger charge is -1.85. The third-order valence-corrected chi connectivity index (χ3v) is 1.13. The zero-order valence-corrected chi connectivity index (χ0v) is 9.65. The van der Waals surface area contributed by atoms with E-state index in [1.54, 1.807) is 0 Å². The zero-order chi connectivity index (χ0) is 14.6. The maximum Gasteiger partial charge on any atom is 0.330 e. The van der Waals surface area contributed by atoms with Crippen LogP contribution in [0.4, 0.5) is 0 Å². The van der Waals surface area contributed by atoms with Crippen LogP contribution in [0.2, 0.25) is 0 Å². The summed E-state index contributed by atoms with van der Waals surface area (Å²) in [6.45, 7) is 0. The molecule has 0 aliphatic rings. The van der Waals surface area contributed by atoms with Crippen LogP contribution in [0.3, 0.4) is 0 Å². The maximum absolute atomic E-state index is 10.1. The summed E-state index contributed by atoms with van der Waals surface area (Å²) in [6.07, 6.45) is 3.10. The fraction of sp³-hybridized carbons (Fsp3) is 0.200. The van der Waals surface area contributed by atoms with Crippen molar-refractivity contribution >= 4 is 23.9 Å². The Labute approximate surface area is 102 Å². The van der Waals surface area contributed by atoms with Crippen LogP contribution in [-0.2, 0) is 28.7 Å². The molecule has 0 unspecified atom stereocenters. The third-order valence-electron chi connectivity index (χ3n) is 1.13. The summed E-state index contributed by atoms with van der Waals surface area (Å²) in [5, 5.41) is 15.9. The Morgan fingerprint density at radius 1 is 0.722 bits per heavy atom. The number of hydrogen-bond donors (Lipinski definition) is 2. The molecule has 0 bridgehead atoms. The molecule has 0 amide bonds. The molecule has 8 heteroatoms. The van der Waals surface area contributed by atoms with Gasteiger partial charge in [0, 0.05) is 24.3 Å². The largest absolute Gasteiger partial charge is 0.478 e. The number of rotatable bonds is 4. The fourth-order valence-corrected chi connectivity index (χ4v) is 0.415. The molecular weight excluding hydrogens is 248 g/mol. The molecule has 0 radical (unpaired) electrons. The van der Waals surface area contributed by atoms with Crippen molar-refractivity contribution in [2.24, 2.45) is 0 Å². The van der Waals surface area contributed by atoms with Crippen molar-refractivity contribution in [3.05, 3.63) is 24.3 Å². The average molecular weight is 260 g/mol. The second-order valence-corrected chi connectivity index (χ2v) is 2.39. The Balaban J connectivity index is 0. The summed E-state index contributed by atoms with van der Waals surface area (Å²) in [5.41, 5.74) is 0. The number of carbonyl (C=O) groups excluding carboxylic acids is 2. The fourth-order valence-electron chi connectivity index (χ4n) is 0.415. The highest BCUT2D eigenvalue weighted by molar-refractivity contribution is 5.91. The number of aliphatic carboxylic acids is 2. The number of carboxylic acid groups (broad SMARTS) is 2. The lowest BCUT2D eigenvalue weighted by atomic mass is 10.5. The molecule has 0 rings (SSSR count). The van der Waals surface area contributed by atoms with Gasteiger partial charge in [0.2, 0.25) is 0 Å². The van der Waals surface area contributed by atoms with Crippen molar-refractivity contribution in [2.75, 3.05) is 14.2 Å². The summed E-state index contributed by atoms with van der Waals surface area (Å²) >= 11 is 0. The Morgan fingerprint density at radius 3 is 1.17 bits per heavy atom. The Kier molecular flexibility index (Phi) is 10.7. The molecule has 0 atom stereocenters. The van der Waals surface area contributed by atoms with Crippen molar-refractivity contribution < 1.29 is 38.9 Å². The predicted octanol–water partition coefficient (Wildman–Crippen LogP) is -0.400. The normalized spacial score (nSPS) is 9.44. The molecular formula is C10H12O8. The molecule has 0 fully saturated rings. The molecule has 8 nitrogen and oxygen atoms in total. The lowest BCUT2D eigenvalue weighted by Crippen LogP contribution is -1.96. The quantitative estimate of drug-likeness (QED) is 0.516. The van der Waals surface area contributed by atoms with E-state index in [0.717, 1.165) is 12.2 Å². The number of methoxy groups -OCH3 is 2. The highest BCUT2D eigenvalue weighted by Gasteiger charge is 1.92. The van der Waals surface area contributed by atoms with Crippen LogP contribution in [-0.4, -0.2) is 48.3 Å². The van der Waals surface area contributed by atoms with Gasteiger partial charge in [-0.1, -0.05) is 0 Å². The summed E-state index contributed by atoms with van der Waals surface area (Å²) in [6, 6.07) is 0. The number of carbonyl (C=O) groups is 4. The van der Waals surface area contributed by atoms with E-state index in [4.69, 9.17) is 10.2 Å². The van der Waals surface area contributed by atoms with Gasteiger partial charge in [0.15, 0.2) is 0 Å². The lowest BCUT2D eigenvalue weighted by molar-refractivity contribution is -0.136. The summed E-state index contributed by atoms with van der Waals surface area (Å²) < 4.78 is 8.22. The number of hydrogen-bond acceptors (Lipinski definition) is 6. The molecule has 0 aliphatic heterocycles. The molecule has 100 valence electrons. The van der Waals surface area contributed by atoms with Crippen LogP contribution in [0.25, 0.3) is 0 Å². The molecule has 0 spiro atoms. The van der Waals surface area contributed by atoms with E-state index in [-0.39, 0.29) is 0 Å². The maximum atomic E-state index is 10.1. The zero-order valence-electron chi connectivity index (χ0n) is 9.65. The topological polar surface area (TPSA) is 127 Å². The molecule has 2 N–H and O–H groups in total. The van der Waals surface area contributed by atoms with Crippen molar-refractivity contribution in [3.8, 4) is 0 Å². The van der Waals surface area contributed by atoms with E-state index in [1.165, 1.54) is 14.2 Å². The SMILES string of the molecule is COC(=O)C=CC(=O)O.COC(=O)C=CC(=O)O. The van der Waals surface area contributed by atoms with Crippen molar-refractivity contribution in [3.63, 3.8) is 0 Å². The van der Waals surface area contributed by atoms with Gasteiger partial charge in [-0.25, -0.2) is 19.2 Å². The van der Waals surface area contributed by atoms with Gasteiger partial charge in [-0.05, 0) is 0 Å². The molecule has 0 saturated heterocycles. The van der Waals surface area contributed by atoms with Gasteiger partial charge in [-0.3, -0.25) is 0 Å². The van der Waals surface area contributed by atoms with Gasteiger partial charge in [0.1, 0.15) is 0 Å². The van der Waals surface area contributed by atoms with Crippen LogP contribution in [0.15, 0.2) is 24.3 Å². The minimum Gasteiger partial charge on any atom is -0.478 e. The van der Waals surface area contributed by atoms with E-state index in [9.17, 15) is 19.2 Å². The highest BCUT2D eigenvalue weighted by Crippen LogP contribution is 1.77. The first-order chi connectivity index (χ1) is 8.33. The van der Waals surface area contributed by atoms with E-state index < -0.39 is 23.9 Å². The van der Waals surface area contributed by atoms with Gasteiger partial charge >= 0.3 is 23.9 Å². The van der Waals surface area contributed by atoms with Crippen LogP contribution in [0.1, 0.15) is 0 Å². The van der Waals surface area contributed by atoms with Crippen LogP contribution >= 0.6 is 0 Å². The van der Waals surface area contributed by atoms with E-state index >= 15 is 0 Å². The Hall–Kier alpha value is -2.64. The predicted molar refractivity (Wildman–Crippen MR) is 57.6 cm³/mol. The minimum absolute atomic E-state index is 0.669. The second-order valence-electron chi connectivity index (χ2n) is 2.39. The van der Waals surface area contributed by atoms with E-state index in [0.29, 0.717) is 12.2 Å². The standard InChI is InChI=1S/2C5H6O4/c2*1-9-5(8)3-2-4(6)7/h2*2-3H,1H3,(H,6,7). The first-order valence-electron chi connectivity index (χ1n) is 4.31. The molecule has 0 aromatic heterocycles. The third kappa shape index (κ3) is 15.8. The molecule has 0 aliphatic carbocycles. The summed E-state index contributed by atoms with van der Waals surface area (Å²) in [4.78, 5) is 39.7. The van der Waals surface area contributed by atoms with Gasteiger partial charge in [0.25, 0.3) is 0 Å². The molecule has 18 heavy (non-hydrogen) atoms. The van der Waals surface area contributed by atoms with Gasteiger partial charge in [-0.2, -0.15) is 0 Å². The smallest absolute Gasteiger partial charge is 0.330 e. The first kappa shape index (κ1) is 17.7. The first-order valence-corrected chi connectivity index (χ1v) is 4.31. The van der Waals surface area contributed by atoms with E-state index in [1.807, 2.05) is 0 Å². The van der Waals surface area contributed by atoms with Crippen LogP contribution < -0.4 is 0 Å². The summed E-state index contributed by atoms with van der Waals surface area (Å²) in [5.74, 6) is -3.67. The molecule has 0 heterocycles. The second kappa shape index (κ2) is 10.9. The highest BCUT2D eigenvalue weighted by atomic mass is 16.5. The van der Waals surface area contributed by atoms with Crippen molar-refractivity contribution in [1.29, 1.82) is 0 Å². The number of carboxylic acids is 2. The van der Waals surface area contributed by atoms with Gasteiger partial charge in [-0.15, -0.1) is 0 Å². The van der Waals surface area contributed by atoms with Gasteiger partial charge in [0.05, 0.1) is 14.2 Å². The minimum atomic E-state index is -1.17. The molecule has 0 saturated carbocycles. The van der Waals surface area contributed by atoms with Gasteiger partial charge < -0.3 is 19.7 Å². The van der Waals surface area contributed by atoms with Crippen LogP contribution in [0.5, 0.6) is 0 Å².